The van der Waals surface area contributed by atoms with Gasteiger partial charge in [-0.05, 0) is 137 Å². The summed E-state index contributed by atoms with van der Waals surface area (Å²) in [5.74, 6) is 0. The maximum absolute atomic E-state index is 4.54. The fourth-order valence-electron chi connectivity index (χ4n) is 6.77. The lowest BCUT2D eigenvalue weighted by atomic mass is 10.0. The molecule has 0 aliphatic carbocycles. The maximum Gasteiger partial charge on any atom is 0.0486 e. The minimum Gasteiger partial charge on any atom is -0.354 e. The molecular weight excluding hydrogens is 912 g/mol. The zero-order valence-electron chi connectivity index (χ0n) is 26.8. The number of pyridine rings is 4. The Morgan fingerprint density at radius 2 is 0.558 bits per heavy atom. The molecule has 9 rings (SSSR count). The summed E-state index contributed by atoms with van der Waals surface area (Å²) >= 11 is 14.6. The van der Waals surface area contributed by atoms with Crippen LogP contribution in [0.3, 0.4) is 0 Å². The Kier molecular flexibility index (Phi) is 8.62. The predicted octanol–water partition coefficient (Wildman–Crippen LogP) is 6.93. The van der Waals surface area contributed by atoms with E-state index in [0.29, 0.717) is 0 Å². The summed E-state index contributed by atoms with van der Waals surface area (Å²) in [6.07, 6.45) is 14.7. The molecule has 0 unspecified atom stereocenters. The standard InChI is InChI=1S/C40H24Br4N8/c41-25-9-21(13-45-17-25)37-29-1-2-30(49-29)38(22-10-26(42)18-46-14-22)32-5-6-34(51-32)40(24-12-28(44)20-48-16-24)36-8-7-35(52-36)39(33-4-3-31(37)50-33)23-11-27(43)19-47-15-23/h1-20,49-52H. The van der Waals surface area contributed by atoms with E-state index in [0.717, 1.165) is 107 Å². The molecule has 0 radical (unpaired) electrons. The quantitative estimate of drug-likeness (QED) is 0.153. The van der Waals surface area contributed by atoms with Crippen molar-refractivity contribution in [1.29, 1.82) is 0 Å². The van der Waals surface area contributed by atoms with Crippen LogP contribution in [0.5, 0.6) is 0 Å². The Morgan fingerprint density at radius 1 is 0.308 bits per heavy atom. The Hall–Kier alpha value is -4.88. The zero-order valence-corrected chi connectivity index (χ0v) is 33.2. The van der Waals surface area contributed by atoms with Crippen LogP contribution in [0, 0.1) is 0 Å². The van der Waals surface area contributed by atoms with Crippen molar-refractivity contribution in [2.24, 2.45) is 0 Å². The van der Waals surface area contributed by atoms with Crippen molar-refractivity contribution in [3.8, 4) is 0 Å². The van der Waals surface area contributed by atoms with Crippen LogP contribution in [0.4, 0.5) is 0 Å². The number of rotatable bonds is 4. The molecule has 0 amide bonds. The van der Waals surface area contributed by atoms with E-state index in [1.807, 2.05) is 24.8 Å². The van der Waals surface area contributed by atoms with Gasteiger partial charge < -0.3 is 19.9 Å². The molecule has 0 aromatic carbocycles. The molecule has 8 nitrogen and oxygen atoms in total. The summed E-state index contributed by atoms with van der Waals surface area (Å²) in [4.78, 5) is 33.3. The SMILES string of the molecule is Brc1cncc(C2=c3ccc([nH]3)=C(c3cncc(Br)c3)c3ccc([nH]3)C(c3cncc(Br)c3)=c3ccc([nH]3)=C(c3cncc(Br)c3)c3ccc2[nH]3)c1. The molecule has 12 heteroatoms. The first-order chi connectivity index (χ1) is 25.4. The van der Waals surface area contributed by atoms with Gasteiger partial charge in [-0.3, -0.25) is 19.9 Å². The lowest BCUT2D eigenvalue weighted by Gasteiger charge is -2.10. The van der Waals surface area contributed by atoms with Gasteiger partial charge in [-0.1, -0.05) is 0 Å². The second kappa shape index (κ2) is 13.6. The number of hydrogen-bond donors (Lipinski definition) is 4. The van der Waals surface area contributed by atoms with Gasteiger partial charge in [0, 0.05) is 156 Å². The number of fused-ring (bicyclic) bond motifs is 8. The number of aromatic nitrogens is 8. The van der Waals surface area contributed by atoms with Crippen LogP contribution in [0.1, 0.15) is 45.0 Å². The van der Waals surface area contributed by atoms with Gasteiger partial charge in [0.25, 0.3) is 0 Å². The molecule has 8 bridgehead atoms. The van der Waals surface area contributed by atoms with Crippen LogP contribution in [0.2, 0.25) is 0 Å². The summed E-state index contributed by atoms with van der Waals surface area (Å²) in [5.41, 5.74) is 11.3. The average Bonchev–Trinajstić information content (AvgIpc) is 3.96. The van der Waals surface area contributed by atoms with Gasteiger partial charge in [-0.25, -0.2) is 0 Å². The molecular formula is C40H24Br4N8. The van der Waals surface area contributed by atoms with E-state index >= 15 is 0 Å². The Labute approximate surface area is 330 Å². The predicted molar refractivity (Wildman–Crippen MR) is 216 cm³/mol. The van der Waals surface area contributed by atoms with E-state index in [4.69, 9.17) is 0 Å². The van der Waals surface area contributed by atoms with Crippen LogP contribution >= 0.6 is 63.7 Å². The van der Waals surface area contributed by atoms with Crippen molar-refractivity contribution in [3.63, 3.8) is 0 Å². The van der Waals surface area contributed by atoms with E-state index in [9.17, 15) is 0 Å². The number of halogens is 4. The van der Waals surface area contributed by atoms with Gasteiger partial charge in [-0.2, -0.15) is 0 Å². The zero-order chi connectivity index (χ0) is 35.3. The number of H-pyrrole nitrogens is 4. The van der Waals surface area contributed by atoms with Gasteiger partial charge in [0.05, 0.1) is 0 Å². The number of nitrogens with one attached hydrogen (secondary N) is 4. The highest BCUT2D eigenvalue weighted by Crippen LogP contribution is 2.29. The topological polar surface area (TPSA) is 115 Å². The number of aromatic amines is 4. The monoisotopic (exact) mass is 932 g/mol. The van der Waals surface area contributed by atoms with E-state index in [2.05, 4.69) is 176 Å². The van der Waals surface area contributed by atoms with Crippen molar-refractivity contribution in [3.05, 3.63) is 207 Å². The van der Waals surface area contributed by atoms with Crippen molar-refractivity contribution in [2.45, 2.75) is 0 Å². The molecule has 0 fully saturated rings. The maximum atomic E-state index is 4.54. The Balaban J connectivity index is 1.45. The lowest BCUT2D eigenvalue weighted by Crippen LogP contribution is -2.19. The number of nitrogens with zero attached hydrogens (tertiary/aromatic N) is 4. The van der Waals surface area contributed by atoms with E-state index in [-0.39, 0.29) is 0 Å². The second-order valence-electron chi connectivity index (χ2n) is 12.2. The lowest BCUT2D eigenvalue weighted by molar-refractivity contribution is 1.17. The van der Waals surface area contributed by atoms with Crippen LogP contribution in [0.15, 0.2) is 140 Å². The highest BCUT2D eigenvalue weighted by molar-refractivity contribution is 9.11. The fourth-order valence-corrected chi connectivity index (χ4v) is 8.23. The van der Waals surface area contributed by atoms with Crippen LogP contribution in [-0.4, -0.2) is 39.9 Å². The molecule has 8 aromatic rings. The smallest absolute Gasteiger partial charge is 0.0486 e. The van der Waals surface area contributed by atoms with Gasteiger partial charge >= 0.3 is 0 Å². The molecule has 0 atom stereocenters. The van der Waals surface area contributed by atoms with Crippen LogP contribution in [-0.2, 0) is 0 Å². The summed E-state index contributed by atoms with van der Waals surface area (Å²) in [6, 6.07) is 25.2. The minimum absolute atomic E-state index is 0.883. The highest BCUT2D eigenvalue weighted by Gasteiger charge is 2.19. The normalized spacial score (nSPS) is 12.8. The summed E-state index contributed by atoms with van der Waals surface area (Å²) < 4.78 is 3.53. The van der Waals surface area contributed by atoms with Gasteiger partial charge in [-0.15, -0.1) is 0 Å². The largest absolute Gasteiger partial charge is 0.354 e. The third-order valence-electron chi connectivity index (χ3n) is 8.87. The van der Waals surface area contributed by atoms with Crippen LogP contribution < -0.4 is 21.4 Å². The molecule has 1 aliphatic heterocycles. The molecule has 8 aromatic heterocycles. The first-order valence-corrected chi connectivity index (χ1v) is 19.3. The van der Waals surface area contributed by atoms with E-state index in [1.165, 1.54) is 0 Å². The Morgan fingerprint density at radius 3 is 0.788 bits per heavy atom. The molecule has 9 heterocycles. The van der Waals surface area contributed by atoms with Gasteiger partial charge in [0.1, 0.15) is 0 Å². The first-order valence-electron chi connectivity index (χ1n) is 16.1. The van der Waals surface area contributed by atoms with Gasteiger partial charge in [0.2, 0.25) is 0 Å². The van der Waals surface area contributed by atoms with E-state index < -0.39 is 0 Å². The van der Waals surface area contributed by atoms with Crippen LogP contribution in [0.25, 0.3) is 22.3 Å². The minimum atomic E-state index is 0.883. The van der Waals surface area contributed by atoms with Crippen molar-refractivity contribution >= 4 is 86.0 Å². The molecule has 4 N–H and O–H groups in total. The fraction of sp³-hybridized carbons (Fsp3) is 0. The molecule has 0 spiro atoms. The molecule has 0 saturated carbocycles. The molecule has 252 valence electrons. The molecule has 0 saturated heterocycles. The average molecular weight is 936 g/mol. The third kappa shape index (κ3) is 6.19. The first kappa shape index (κ1) is 33.0. The number of hydrogen-bond acceptors (Lipinski definition) is 4. The van der Waals surface area contributed by atoms with Crippen molar-refractivity contribution in [2.75, 3.05) is 0 Å². The van der Waals surface area contributed by atoms with Crippen molar-refractivity contribution in [1.82, 2.24) is 39.9 Å². The molecule has 52 heavy (non-hydrogen) atoms. The Bertz CT molecular complexity index is 2540. The van der Waals surface area contributed by atoms with Crippen molar-refractivity contribution < 1.29 is 0 Å². The highest BCUT2D eigenvalue weighted by atomic mass is 79.9. The third-order valence-corrected chi connectivity index (χ3v) is 10.6. The second-order valence-corrected chi connectivity index (χ2v) is 15.9. The molecule has 1 aliphatic rings. The summed E-state index contributed by atoms with van der Waals surface area (Å²) in [7, 11) is 0. The van der Waals surface area contributed by atoms with Gasteiger partial charge in [0.15, 0.2) is 0 Å². The van der Waals surface area contributed by atoms with E-state index in [1.54, 1.807) is 24.8 Å². The summed E-state index contributed by atoms with van der Waals surface area (Å²) in [6.45, 7) is 0. The summed E-state index contributed by atoms with van der Waals surface area (Å²) in [5, 5.41) is 3.68.